The number of nitro benzene ring substituents is 1. The molecule has 0 saturated carbocycles. The summed E-state index contributed by atoms with van der Waals surface area (Å²) in [5, 5.41) is 11.1. The summed E-state index contributed by atoms with van der Waals surface area (Å²) in [5.74, 6) is 0.0176. The summed E-state index contributed by atoms with van der Waals surface area (Å²) in [6.07, 6.45) is 0. The molecule has 0 unspecified atom stereocenters. The Morgan fingerprint density at radius 1 is 1.19 bits per heavy atom. The van der Waals surface area contributed by atoms with Gasteiger partial charge in [0.1, 0.15) is 0 Å². The zero-order valence-corrected chi connectivity index (χ0v) is 16.4. The molecule has 9 heteroatoms. The van der Waals surface area contributed by atoms with Crippen molar-refractivity contribution in [2.45, 2.75) is 17.7 Å². The Kier molecular flexibility index (Phi) is 6.59. The SMILES string of the molecule is Cc1ccc(S(=O)(=O)N2C[C@@H](CN)[C@H](c3ccccc3)C2)cc1[N+](=O)[O-].Cl. The van der Waals surface area contributed by atoms with Gasteiger partial charge in [-0.05, 0) is 31.0 Å². The Morgan fingerprint density at radius 3 is 2.44 bits per heavy atom. The highest BCUT2D eigenvalue weighted by atomic mass is 35.5. The number of nitrogens with zero attached hydrogens (tertiary/aromatic N) is 2. The molecule has 27 heavy (non-hydrogen) atoms. The van der Waals surface area contributed by atoms with Crippen molar-refractivity contribution in [1.29, 1.82) is 0 Å². The molecule has 146 valence electrons. The fourth-order valence-corrected chi connectivity index (χ4v) is 4.98. The average Bonchev–Trinajstić information content (AvgIpc) is 3.07. The maximum Gasteiger partial charge on any atom is 0.273 e. The van der Waals surface area contributed by atoms with E-state index in [9.17, 15) is 18.5 Å². The quantitative estimate of drug-likeness (QED) is 0.601. The summed E-state index contributed by atoms with van der Waals surface area (Å²) in [6.45, 7) is 2.58. The molecule has 0 bridgehead atoms. The lowest BCUT2D eigenvalue weighted by Gasteiger charge is -2.17. The molecule has 0 spiro atoms. The van der Waals surface area contributed by atoms with Gasteiger partial charge in [-0.15, -0.1) is 12.4 Å². The molecule has 2 atom stereocenters. The van der Waals surface area contributed by atoms with Gasteiger partial charge in [0.25, 0.3) is 5.69 Å². The van der Waals surface area contributed by atoms with Crippen molar-refractivity contribution < 1.29 is 13.3 Å². The van der Waals surface area contributed by atoms with Crippen LogP contribution in [0.25, 0.3) is 0 Å². The molecule has 2 aromatic carbocycles. The third kappa shape index (κ3) is 4.14. The van der Waals surface area contributed by atoms with Gasteiger partial charge < -0.3 is 5.73 Å². The third-order valence-corrected chi connectivity index (χ3v) is 6.78. The Balaban J connectivity index is 0.00000261. The first-order chi connectivity index (χ1) is 12.3. The normalized spacial score (nSPS) is 20.2. The minimum atomic E-state index is -3.82. The van der Waals surface area contributed by atoms with E-state index >= 15 is 0 Å². The summed E-state index contributed by atoms with van der Waals surface area (Å²) in [4.78, 5) is 10.5. The van der Waals surface area contributed by atoms with Gasteiger partial charge in [-0.2, -0.15) is 4.31 Å². The molecule has 2 aromatic rings. The minimum absolute atomic E-state index is 0. The number of nitro groups is 1. The minimum Gasteiger partial charge on any atom is -0.330 e. The molecular formula is C18H22ClN3O4S. The number of hydrogen-bond donors (Lipinski definition) is 1. The molecule has 1 heterocycles. The van der Waals surface area contributed by atoms with Crippen LogP contribution in [0, 0.1) is 23.0 Å². The molecule has 0 aromatic heterocycles. The molecule has 1 fully saturated rings. The van der Waals surface area contributed by atoms with Crippen molar-refractivity contribution in [2.75, 3.05) is 19.6 Å². The first-order valence-corrected chi connectivity index (χ1v) is 9.79. The number of aryl methyl sites for hydroxylation is 1. The van der Waals surface area contributed by atoms with Gasteiger partial charge >= 0.3 is 0 Å². The largest absolute Gasteiger partial charge is 0.330 e. The second-order valence-corrected chi connectivity index (χ2v) is 8.48. The predicted octanol–water partition coefficient (Wildman–Crippen LogP) is 2.69. The highest BCUT2D eigenvalue weighted by Gasteiger charge is 2.39. The lowest BCUT2D eigenvalue weighted by molar-refractivity contribution is -0.385. The zero-order valence-electron chi connectivity index (χ0n) is 14.8. The smallest absolute Gasteiger partial charge is 0.273 e. The third-order valence-electron chi connectivity index (χ3n) is 4.95. The first kappa shape index (κ1) is 21.3. The van der Waals surface area contributed by atoms with E-state index in [1.165, 1.54) is 16.4 Å². The van der Waals surface area contributed by atoms with Crippen molar-refractivity contribution in [2.24, 2.45) is 11.7 Å². The Labute approximate surface area is 164 Å². The van der Waals surface area contributed by atoms with Gasteiger partial charge in [-0.3, -0.25) is 10.1 Å². The van der Waals surface area contributed by atoms with Crippen molar-refractivity contribution in [3.05, 3.63) is 69.8 Å². The van der Waals surface area contributed by atoms with Crippen molar-refractivity contribution >= 4 is 28.1 Å². The zero-order chi connectivity index (χ0) is 18.9. The number of hydrogen-bond acceptors (Lipinski definition) is 5. The number of rotatable bonds is 5. The molecule has 3 rings (SSSR count). The Hall–Kier alpha value is -2.00. The van der Waals surface area contributed by atoms with Crippen LogP contribution >= 0.6 is 12.4 Å². The fourth-order valence-electron chi connectivity index (χ4n) is 3.44. The summed E-state index contributed by atoms with van der Waals surface area (Å²) in [5.41, 5.74) is 7.16. The molecule has 2 N–H and O–H groups in total. The van der Waals surface area contributed by atoms with Crippen LogP contribution in [0.2, 0.25) is 0 Å². The van der Waals surface area contributed by atoms with Gasteiger partial charge in [0.05, 0.1) is 9.82 Å². The number of benzene rings is 2. The van der Waals surface area contributed by atoms with Crippen LogP contribution in [-0.2, 0) is 10.0 Å². The predicted molar refractivity (Wildman–Crippen MR) is 106 cm³/mol. The van der Waals surface area contributed by atoms with Gasteiger partial charge in [0, 0.05) is 30.6 Å². The van der Waals surface area contributed by atoms with Crippen LogP contribution < -0.4 is 5.73 Å². The van der Waals surface area contributed by atoms with E-state index < -0.39 is 14.9 Å². The van der Waals surface area contributed by atoms with Gasteiger partial charge in [-0.25, -0.2) is 8.42 Å². The van der Waals surface area contributed by atoms with Crippen LogP contribution in [0.3, 0.4) is 0 Å². The van der Waals surface area contributed by atoms with E-state index in [-0.39, 0.29) is 34.8 Å². The summed E-state index contributed by atoms with van der Waals surface area (Å²) < 4.78 is 27.4. The van der Waals surface area contributed by atoms with E-state index in [0.29, 0.717) is 25.2 Å². The van der Waals surface area contributed by atoms with Crippen molar-refractivity contribution in [1.82, 2.24) is 4.31 Å². The lowest BCUT2D eigenvalue weighted by atomic mass is 9.89. The molecule has 1 saturated heterocycles. The van der Waals surface area contributed by atoms with E-state index in [2.05, 4.69) is 0 Å². The molecule has 1 aliphatic heterocycles. The second-order valence-electron chi connectivity index (χ2n) is 6.54. The van der Waals surface area contributed by atoms with Crippen molar-refractivity contribution in [3.8, 4) is 0 Å². The highest BCUT2D eigenvalue weighted by Crippen LogP contribution is 2.35. The van der Waals surface area contributed by atoms with Crippen LogP contribution in [0.15, 0.2) is 53.4 Å². The van der Waals surface area contributed by atoms with Crippen molar-refractivity contribution in [3.63, 3.8) is 0 Å². The average molecular weight is 412 g/mol. The van der Waals surface area contributed by atoms with Gasteiger partial charge in [0.15, 0.2) is 0 Å². The van der Waals surface area contributed by atoms with E-state index in [1.54, 1.807) is 6.92 Å². The van der Waals surface area contributed by atoms with E-state index in [4.69, 9.17) is 5.73 Å². The highest BCUT2D eigenvalue weighted by molar-refractivity contribution is 7.89. The topological polar surface area (TPSA) is 107 Å². The summed E-state index contributed by atoms with van der Waals surface area (Å²) in [6, 6.07) is 13.7. The standard InChI is InChI=1S/C18H21N3O4S.ClH/c1-13-7-8-16(9-18(13)21(22)23)26(24,25)20-11-15(10-19)17(12-20)14-5-3-2-4-6-14;/h2-9,15,17H,10-12,19H2,1H3;1H/t15-,17+;/m1./s1. The van der Waals surface area contributed by atoms with Crippen LogP contribution in [0.4, 0.5) is 5.69 Å². The molecular weight excluding hydrogens is 390 g/mol. The second kappa shape index (κ2) is 8.35. The molecule has 0 amide bonds. The van der Waals surface area contributed by atoms with Crippen LogP contribution in [-0.4, -0.2) is 37.3 Å². The Bertz CT molecular complexity index is 921. The number of nitrogens with two attached hydrogens (primary N) is 1. The van der Waals surface area contributed by atoms with Crippen LogP contribution in [0.1, 0.15) is 17.0 Å². The first-order valence-electron chi connectivity index (χ1n) is 8.34. The summed E-state index contributed by atoms with van der Waals surface area (Å²) >= 11 is 0. The van der Waals surface area contributed by atoms with Gasteiger partial charge in [0.2, 0.25) is 10.0 Å². The van der Waals surface area contributed by atoms with Crippen LogP contribution in [0.5, 0.6) is 0 Å². The maximum atomic E-state index is 13.0. The number of sulfonamides is 1. The Morgan fingerprint density at radius 2 is 1.85 bits per heavy atom. The lowest BCUT2D eigenvalue weighted by Crippen LogP contribution is -2.30. The number of halogens is 1. The monoisotopic (exact) mass is 411 g/mol. The molecule has 7 nitrogen and oxygen atoms in total. The molecule has 0 aliphatic carbocycles. The van der Waals surface area contributed by atoms with Gasteiger partial charge in [-0.1, -0.05) is 36.4 Å². The van der Waals surface area contributed by atoms with E-state index in [1.807, 2.05) is 30.3 Å². The summed E-state index contributed by atoms with van der Waals surface area (Å²) in [7, 11) is -3.82. The molecule has 1 aliphatic rings. The molecule has 0 radical (unpaired) electrons. The maximum absolute atomic E-state index is 13.0. The van der Waals surface area contributed by atoms with E-state index in [0.717, 1.165) is 11.6 Å². The fraction of sp³-hybridized carbons (Fsp3) is 0.333.